The van der Waals surface area contributed by atoms with E-state index < -0.39 is 0 Å². The average molecular weight is 451 g/mol. The Bertz CT molecular complexity index is 601. The molecule has 19 heavy (non-hydrogen) atoms. The lowest BCUT2D eigenvalue weighted by molar-refractivity contribution is 0.0950. The Labute approximate surface area is 138 Å². The molecule has 0 aliphatic heterocycles. The summed E-state index contributed by atoms with van der Waals surface area (Å²) in [5.41, 5.74) is 1.65. The van der Waals surface area contributed by atoms with E-state index in [-0.39, 0.29) is 5.91 Å². The lowest BCUT2D eigenvalue weighted by Gasteiger charge is -2.07. The van der Waals surface area contributed by atoms with Crippen LogP contribution in [0.25, 0.3) is 0 Å². The molecule has 2 aromatic rings. The number of benzene rings is 2. The summed E-state index contributed by atoms with van der Waals surface area (Å²) in [6, 6.07) is 13.1. The number of carbonyl (C=O) groups excluding carboxylic acids is 1. The van der Waals surface area contributed by atoms with Gasteiger partial charge in [0.05, 0.1) is 5.56 Å². The fourth-order valence-electron chi connectivity index (χ4n) is 1.55. The number of halogens is 3. The first-order valence-electron chi connectivity index (χ1n) is 5.54. The second-order valence-electron chi connectivity index (χ2n) is 3.93. The van der Waals surface area contributed by atoms with Gasteiger partial charge in [0.2, 0.25) is 0 Å². The minimum absolute atomic E-state index is 0.0969. The summed E-state index contributed by atoms with van der Waals surface area (Å²) >= 11 is 11.4. The van der Waals surface area contributed by atoms with E-state index in [9.17, 15) is 4.79 Å². The zero-order valence-corrected chi connectivity index (χ0v) is 14.3. The molecule has 0 atom stereocenters. The fraction of sp³-hybridized carbons (Fsp3) is 0.0714. The van der Waals surface area contributed by atoms with Crippen molar-refractivity contribution < 1.29 is 4.79 Å². The second-order valence-corrected chi connectivity index (χ2v) is 6.47. The Morgan fingerprint density at radius 2 is 1.89 bits per heavy atom. The second kappa shape index (κ2) is 6.72. The molecule has 2 aromatic carbocycles. The summed E-state index contributed by atoms with van der Waals surface area (Å²) < 4.78 is 1.82. The van der Waals surface area contributed by atoms with Crippen LogP contribution in [0, 0.1) is 3.57 Å². The van der Waals surface area contributed by atoms with Crippen LogP contribution in [0.5, 0.6) is 0 Å². The van der Waals surface area contributed by atoms with Crippen molar-refractivity contribution >= 4 is 56.0 Å². The van der Waals surface area contributed by atoms with E-state index in [4.69, 9.17) is 11.6 Å². The van der Waals surface area contributed by atoms with Crippen molar-refractivity contribution in [1.82, 2.24) is 5.32 Å². The number of hydrogen-bond acceptors (Lipinski definition) is 1. The van der Waals surface area contributed by atoms with Crippen molar-refractivity contribution in [2.24, 2.45) is 0 Å². The Kier molecular flexibility index (Phi) is 5.24. The van der Waals surface area contributed by atoms with Crippen LogP contribution < -0.4 is 5.32 Å². The summed E-state index contributed by atoms with van der Waals surface area (Å²) in [7, 11) is 0. The summed E-state index contributed by atoms with van der Waals surface area (Å²) in [5, 5.41) is 3.58. The smallest absolute Gasteiger partial charge is 0.252 e. The summed E-state index contributed by atoms with van der Waals surface area (Å²) in [6.07, 6.45) is 0. The van der Waals surface area contributed by atoms with Crippen LogP contribution in [0.4, 0.5) is 0 Å². The molecule has 1 amide bonds. The molecular formula is C14H10BrClINO. The maximum Gasteiger partial charge on any atom is 0.252 e. The molecule has 1 N–H and O–H groups in total. The average Bonchev–Trinajstić information content (AvgIpc) is 2.40. The Morgan fingerprint density at radius 1 is 1.21 bits per heavy atom. The van der Waals surface area contributed by atoms with Gasteiger partial charge in [-0.3, -0.25) is 4.79 Å². The molecule has 98 valence electrons. The highest BCUT2D eigenvalue weighted by molar-refractivity contribution is 14.1. The number of hydrogen-bond donors (Lipinski definition) is 1. The molecule has 5 heteroatoms. The molecule has 0 bridgehead atoms. The highest BCUT2D eigenvalue weighted by atomic mass is 127. The van der Waals surface area contributed by atoms with Gasteiger partial charge in [0, 0.05) is 19.6 Å². The van der Waals surface area contributed by atoms with Crippen LogP contribution in [-0.4, -0.2) is 5.91 Å². The van der Waals surface area contributed by atoms with Crippen LogP contribution in [0.2, 0.25) is 5.02 Å². The monoisotopic (exact) mass is 449 g/mol. The highest BCUT2D eigenvalue weighted by Gasteiger charge is 2.10. The van der Waals surface area contributed by atoms with E-state index in [1.165, 1.54) is 0 Å². The molecule has 0 saturated heterocycles. The van der Waals surface area contributed by atoms with E-state index in [1.807, 2.05) is 42.5 Å². The number of rotatable bonds is 3. The van der Waals surface area contributed by atoms with Crippen molar-refractivity contribution in [3.8, 4) is 0 Å². The number of carbonyl (C=O) groups is 1. The van der Waals surface area contributed by atoms with Gasteiger partial charge in [-0.25, -0.2) is 0 Å². The van der Waals surface area contributed by atoms with Crippen molar-refractivity contribution in [1.29, 1.82) is 0 Å². The van der Waals surface area contributed by atoms with E-state index >= 15 is 0 Å². The van der Waals surface area contributed by atoms with Crippen molar-refractivity contribution in [3.05, 3.63) is 66.7 Å². The molecule has 0 fully saturated rings. The Hall–Kier alpha value is -0.590. The number of amides is 1. The van der Waals surface area contributed by atoms with Gasteiger partial charge in [-0.15, -0.1) is 0 Å². The Morgan fingerprint density at radius 3 is 2.58 bits per heavy atom. The molecule has 0 radical (unpaired) electrons. The lowest BCUT2D eigenvalue weighted by Crippen LogP contribution is -2.23. The first-order chi connectivity index (χ1) is 9.06. The zero-order valence-electron chi connectivity index (χ0n) is 9.79. The third-order valence-corrected chi connectivity index (χ3v) is 4.15. The number of nitrogens with one attached hydrogen (secondary N) is 1. The van der Waals surface area contributed by atoms with Gasteiger partial charge >= 0.3 is 0 Å². The quantitative estimate of drug-likeness (QED) is 0.679. The van der Waals surface area contributed by atoms with Crippen LogP contribution in [0.15, 0.2) is 46.9 Å². The van der Waals surface area contributed by atoms with Crippen molar-refractivity contribution in [3.63, 3.8) is 0 Å². The van der Waals surface area contributed by atoms with Gasteiger partial charge in [0.1, 0.15) is 0 Å². The summed E-state index contributed by atoms with van der Waals surface area (Å²) in [6.45, 7) is 0.480. The molecule has 2 nitrogen and oxygen atoms in total. The predicted molar refractivity (Wildman–Crippen MR) is 89.5 cm³/mol. The van der Waals surface area contributed by atoms with Gasteiger partial charge in [0.25, 0.3) is 5.91 Å². The van der Waals surface area contributed by atoms with Gasteiger partial charge in [-0.05, 0) is 74.4 Å². The SMILES string of the molecule is O=C(NCc1ccc(Cl)cc1)c1cc(I)ccc1Br. The lowest BCUT2D eigenvalue weighted by atomic mass is 10.2. The first-order valence-corrected chi connectivity index (χ1v) is 7.79. The van der Waals surface area contributed by atoms with E-state index in [0.29, 0.717) is 17.1 Å². The van der Waals surface area contributed by atoms with Gasteiger partial charge in [-0.1, -0.05) is 23.7 Å². The molecule has 2 rings (SSSR count). The summed E-state index contributed by atoms with van der Waals surface area (Å²) in [4.78, 5) is 12.1. The van der Waals surface area contributed by atoms with Crippen LogP contribution >= 0.6 is 50.1 Å². The van der Waals surface area contributed by atoms with Crippen LogP contribution in [0.3, 0.4) is 0 Å². The molecule has 0 aliphatic carbocycles. The third-order valence-electron chi connectivity index (χ3n) is 2.54. The summed E-state index contributed by atoms with van der Waals surface area (Å²) in [5.74, 6) is -0.0969. The maximum atomic E-state index is 12.1. The molecule has 0 unspecified atom stereocenters. The van der Waals surface area contributed by atoms with Gasteiger partial charge in [0.15, 0.2) is 0 Å². The van der Waals surface area contributed by atoms with Crippen LogP contribution in [-0.2, 0) is 6.54 Å². The zero-order chi connectivity index (χ0) is 13.8. The normalized spacial score (nSPS) is 10.3. The molecule has 0 spiro atoms. The molecule has 0 aliphatic rings. The largest absolute Gasteiger partial charge is 0.348 e. The minimum Gasteiger partial charge on any atom is -0.348 e. The molecular weight excluding hydrogens is 440 g/mol. The first kappa shape index (κ1) is 14.8. The molecule has 0 aromatic heterocycles. The molecule has 0 heterocycles. The standard InChI is InChI=1S/C14H10BrClINO/c15-13-6-5-11(17)7-12(13)14(19)18-8-9-1-3-10(16)4-2-9/h1-7H,8H2,(H,18,19). The van der Waals surface area contributed by atoms with Gasteiger partial charge in [-0.2, -0.15) is 0 Å². The van der Waals surface area contributed by atoms with E-state index in [0.717, 1.165) is 13.6 Å². The molecule has 0 saturated carbocycles. The highest BCUT2D eigenvalue weighted by Crippen LogP contribution is 2.19. The van der Waals surface area contributed by atoms with Crippen molar-refractivity contribution in [2.75, 3.05) is 0 Å². The van der Waals surface area contributed by atoms with Crippen LogP contribution in [0.1, 0.15) is 15.9 Å². The fourth-order valence-corrected chi connectivity index (χ4v) is 2.60. The van der Waals surface area contributed by atoms with E-state index in [2.05, 4.69) is 43.8 Å². The van der Waals surface area contributed by atoms with Crippen molar-refractivity contribution in [2.45, 2.75) is 6.54 Å². The topological polar surface area (TPSA) is 29.1 Å². The van der Waals surface area contributed by atoms with E-state index in [1.54, 1.807) is 0 Å². The Balaban J connectivity index is 2.05. The third kappa shape index (κ3) is 4.19. The van der Waals surface area contributed by atoms with Gasteiger partial charge < -0.3 is 5.32 Å². The maximum absolute atomic E-state index is 12.1. The predicted octanol–water partition coefficient (Wildman–Crippen LogP) is 4.64. The minimum atomic E-state index is -0.0969.